The van der Waals surface area contributed by atoms with Crippen LogP contribution < -0.4 is 10.3 Å². The van der Waals surface area contributed by atoms with Gasteiger partial charge in [0.15, 0.2) is 0 Å². The molecule has 6 nitrogen and oxygen atoms in total. The molecule has 1 heterocycles. The number of para-hydroxylation sites is 1. The largest absolute Gasteiger partial charge is 0.481 e. The number of H-pyrrole nitrogens is 1. The number of ether oxygens (including phenoxy) is 1. The summed E-state index contributed by atoms with van der Waals surface area (Å²) in [6.07, 6.45) is 1.14. The van der Waals surface area contributed by atoms with Gasteiger partial charge in [0.2, 0.25) is 0 Å². The van der Waals surface area contributed by atoms with E-state index in [1.165, 1.54) is 0 Å². The lowest BCUT2D eigenvalue weighted by molar-refractivity contribution is -0.137. The van der Waals surface area contributed by atoms with Crippen LogP contribution in [-0.4, -0.2) is 21.0 Å². The quantitative estimate of drug-likeness (QED) is 0.439. The third-order valence-electron chi connectivity index (χ3n) is 5.05. The minimum atomic E-state index is -0.827. The summed E-state index contributed by atoms with van der Waals surface area (Å²) in [5.41, 5.74) is 4.31. The molecule has 0 spiro atoms. The minimum Gasteiger partial charge on any atom is -0.481 e. The maximum Gasteiger partial charge on any atom is 0.303 e. The van der Waals surface area contributed by atoms with Crippen LogP contribution in [0, 0.1) is 6.92 Å². The number of aromatic amines is 1. The summed E-state index contributed by atoms with van der Waals surface area (Å²) in [7, 11) is 0. The zero-order chi connectivity index (χ0) is 21.8. The van der Waals surface area contributed by atoms with Crippen LogP contribution in [-0.2, 0) is 11.2 Å². The summed E-state index contributed by atoms with van der Waals surface area (Å²) in [5, 5.41) is 8.97. The van der Waals surface area contributed by atoms with Gasteiger partial charge in [-0.25, -0.2) is 4.98 Å². The number of aliphatic carboxylic acids is 1. The van der Waals surface area contributed by atoms with Crippen molar-refractivity contribution in [2.24, 2.45) is 0 Å². The summed E-state index contributed by atoms with van der Waals surface area (Å²) < 4.78 is 5.85. The zero-order valence-electron chi connectivity index (χ0n) is 17.1. The summed E-state index contributed by atoms with van der Waals surface area (Å²) >= 11 is 0. The van der Waals surface area contributed by atoms with Gasteiger partial charge in [0.05, 0.1) is 11.0 Å². The molecule has 4 aromatic rings. The molecule has 2 N–H and O–H groups in total. The molecule has 0 saturated carbocycles. The van der Waals surface area contributed by atoms with Crippen molar-refractivity contribution < 1.29 is 14.6 Å². The van der Waals surface area contributed by atoms with Crippen molar-refractivity contribution in [3.8, 4) is 22.6 Å². The SMILES string of the molecule is Cc1nc2c(CCCC(=O)O)cc(-c3ccc(Oc4ccccc4)cc3)cc2[nH]c1=O. The van der Waals surface area contributed by atoms with Crippen molar-refractivity contribution in [1.29, 1.82) is 0 Å². The predicted octanol–water partition coefficient (Wildman–Crippen LogP) is 5.10. The number of aryl methyl sites for hydroxylation is 2. The van der Waals surface area contributed by atoms with Crippen molar-refractivity contribution in [3.63, 3.8) is 0 Å². The number of carbonyl (C=O) groups is 1. The molecule has 31 heavy (non-hydrogen) atoms. The molecule has 0 aliphatic rings. The lowest BCUT2D eigenvalue weighted by Gasteiger charge is -2.11. The van der Waals surface area contributed by atoms with Gasteiger partial charge in [-0.15, -0.1) is 0 Å². The molecule has 0 atom stereocenters. The summed E-state index contributed by atoms with van der Waals surface area (Å²) in [4.78, 5) is 30.4. The summed E-state index contributed by atoms with van der Waals surface area (Å²) in [6.45, 7) is 1.67. The van der Waals surface area contributed by atoms with E-state index in [9.17, 15) is 9.59 Å². The number of benzene rings is 3. The van der Waals surface area contributed by atoms with Gasteiger partial charge in [0.1, 0.15) is 17.2 Å². The predicted molar refractivity (Wildman–Crippen MR) is 120 cm³/mol. The van der Waals surface area contributed by atoms with Crippen LogP contribution in [0.1, 0.15) is 24.1 Å². The first-order valence-corrected chi connectivity index (χ1v) is 10.1. The van der Waals surface area contributed by atoms with Crippen LogP contribution in [0.2, 0.25) is 0 Å². The average molecular weight is 414 g/mol. The van der Waals surface area contributed by atoms with E-state index in [1.807, 2.05) is 66.7 Å². The van der Waals surface area contributed by atoms with Gasteiger partial charge >= 0.3 is 5.97 Å². The van der Waals surface area contributed by atoms with E-state index in [2.05, 4.69) is 9.97 Å². The van der Waals surface area contributed by atoms with E-state index in [1.54, 1.807) is 6.92 Å². The Balaban J connectivity index is 1.68. The average Bonchev–Trinajstić information content (AvgIpc) is 2.76. The molecule has 0 fully saturated rings. The Hall–Kier alpha value is -3.93. The number of carboxylic acids is 1. The fourth-order valence-corrected chi connectivity index (χ4v) is 3.48. The van der Waals surface area contributed by atoms with Gasteiger partial charge in [-0.2, -0.15) is 0 Å². The van der Waals surface area contributed by atoms with Crippen molar-refractivity contribution >= 4 is 17.0 Å². The fraction of sp³-hybridized carbons (Fsp3) is 0.160. The highest BCUT2D eigenvalue weighted by Gasteiger charge is 2.11. The van der Waals surface area contributed by atoms with Gasteiger partial charge in [-0.1, -0.05) is 30.3 Å². The molecule has 0 bridgehead atoms. The number of nitrogens with zero attached hydrogens (tertiary/aromatic N) is 1. The van der Waals surface area contributed by atoms with E-state index < -0.39 is 5.97 Å². The van der Waals surface area contributed by atoms with E-state index in [-0.39, 0.29) is 12.0 Å². The van der Waals surface area contributed by atoms with E-state index in [4.69, 9.17) is 9.84 Å². The Bertz CT molecular complexity index is 1280. The number of fused-ring (bicyclic) bond motifs is 1. The molecule has 3 aromatic carbocycles. The molecule has 6 heteroatoms. The van der Waals surface area contributed by atoms with Crippen LogP contribution >= 0.6 is 0 Å². The van der Waals surface area contributed by atoms with Crippen LogP contribution in [0.25, 0.3) is 22.2 Å². The molecule has 0 saturated heterocycles. The van der Waals surface area contributed by atoms with E-state index in [0.717, 1.165) is 28.2 Å². The Labute approximate surface area is 179 Å². The third-order valence-corrected chi connectivity index (χ3v) is 5.05. The monoisotopic (exact) mass is 414 g/mol. The van der Waals surface area contributed by atoms with Crippen molar-refractivity contribution in [1.82, 2.24) is 9.97 Å². The number of carboxylic acid groups (broad SMARTS) is 1. The van der Waals surface area contributed by atoms with Gasteiger partial charge in [0.25, 0.3) is 5.56 Å². The van der Waals surface area contributed by atoms with Crippen LogP contribution in [0.5, 0.6) is 11.5 Å². The zero-order valence-corrected chi connectivity index (χ0v) is 17.1. The molecular formula is C25H22N2O4. The smallest absolute Gasteiger partial charge is 0.303 e. The van der Waals surface area contributed by atoms with Crippen molar-refractivity contribution in [3.05, 3.63) is 88.3 Å². The van der Waals surface area contributed by atoms with Crippen molar-refractivity contribution in [2.45, 2.75) is 26.2 Å². The van der Waals surface area contributed by atoms with E-state index in [0.29, 0.717) is 29.6 Å². The first kappa shape index (κ1) is 20.3. The number of nitrogens with one attached hydrogen (secondary N) is 1. The lowest BCUT2D eigenvalue weighted by atomic mass is 9.98. The second kappa shape index (κ2) is 8.83. The molecule has 0 aliphatic carbocycles. The Kier molecular flexibility index (Phi) is 5.80. The summed E-state index contributed by atoms with van der Waals surface area (Å²) in [5.74, 6) is 0.663. The first-order chi connectivity index (χ1) is 15.0. The summed E-state index contributed by atoms with van der Waals surface area (Å²) in [6, 6.07) is 21.2. The number of hydrogen-bond acceptors (Lipinski definition) is 4. The highest BCUT2D eigenvalue weighted by molar-refractivity contribution is 5.84. The van der Waals surface area contributed by atoms with Crippen molar-refractivity contribution in [2.75, 3.05) is 0 Å². The molecule has 0 aliphatic heterocycles. The maximum absolute atomic E-state index is 12.1. The normalized spacial score (nSPS) is 10.9. The topological polar surface area (TPSA) is 92.3 Å². The fourth-order valence-electron chi connectivity index (χ4n) is 3.48. The number of hydrogen-bond donors (Lipinski definition) is 2. The Morgan fingerprint density at radius 1 is 1.00 bits per heavy atom. The second-order valence-corrected chi connectivity index (χ2v) is 7.37. The van der Waals surface area contributed by atoms with Gasteiger partial charge in [0, 0.05) is 6.42 Å². The Morgan fingerprint density at radius 2 is 1.71 bits per heavy atom. The first-order valence-electron chi connectivity index (χ1n) is 10.1. The molecular weight excluding hydrogens is 392 g/mol. The molecule has 4 rings (SSSR count). The molecule has 0 amide bonds. The van der Waals surface area contributed by atoms with Gasteiger partial charge in [-0.05, 0) is 72.9 Å². The van der Waals surface area contributed by atoms with Crippen LogP contribution in [0.4, 0.5) is 0 Å². The third kappa shape index (κ3) is 4.80. The van der Waals surface area contributed by atoms with Gasteiger partial charge in [-0.3, -0.25) is 9.59 Å². The molecule has 156 valence electrons. The highest BCUT2D eigenvalue weighted by atomic mass is 16.5. The van der Waals surface area contributed by atoms with Crippen LogP contribution in [0.3, 0.4) is 0 Å². The van der Waals surface area contributed by atoms with Gasteiger partial charge < -0.3 is 14.8 Å². The van der Waals surface area contributed by atoms with E-state index >= 15 is 0 Å². The molecule has 0 unspecified atom stereocenters. The second-order valence-electron chi connectivity index (χ2n) is 7.37. The number of aromatic nitrogens is 2. The standard InChI is InChI=1S/C25H22N2O4/c1-16-25(30)27-22-15-19(14-18(24(22)26-16)6-5-9-23(28)29)17-10-12-21(13-11-17)31-20-7-3-2-4-8-20/h2-4,7-8,10-15H,5-6,9H2,1H3,(H,27,30)(H,28,29). The molecule has 1 aromatic heterocycles. The van der Waals surface area contributed by atoms with Crippen LogP contribution in [0.15, 0.2) is 71.5 Å². The number of rotatable bonds is 7. The lowest BCUT2D eigenvalue weighted by Crippen LogP contribution is -2.12. The molecule has 0 radical (unpaired) electrons. The Morgan fingerprint density at radius 3 is 2.42 bits per heavy atom. The maximum atomic E-state index is 12.1. The minimum absolute atomic E-state index is 0.0829. The highest BCUT2D eigenvalue weighted by Crippen LogP contribution is 2.29.